The molecule has 60 valence electrons. The molecule has 1 aromatic rings. The number of anilines is 1. The molecule has 0 unspecified atom stereocenters. The Morgan fingerprint density at radius 3 is 2.92 bits per heavy atom. The molecule has 0 aromatic heterocycles. The molecule has 12 heavy (non-hydrogen) atoms. The molecule has 0 fully saturated rings. The summed E-state index contributed by atoms with van der Waals surface area (Å²) in [6.07, 6.45) is 0.565. The van der Waals surface area contributed by atoms with Crippen molar-refractivity contribution in [2.24, 2.45) is 0 Å². The van der Waals surface area contributed by atoms with Crippen molar-refractivity contribution < 1.29 is 4.79 Å². The van der Waals surface area contributed by atoms with E-state index >= 15 is 0 Å². The van der Waals surface area contributed by atoms with E-state index in [0.29, 0.717) is 17.7 Å². The van der Waals surface area contributed by atoms with E-state index in [0.717, 1.165) is 5.56 Å². The Labute approximate surface area is 70.6 Å². The summed E-state index contributed by atoms with van der Waals surface area (Å²) in [5.41, 5.74) is 2.05. The van der Waals surface area contributed by atoms with E-state index in [1.54, 1.807) is 12.1 Å². The summed E-state index contributed by atoms with van der Waals surface area (Å²) in [6, 6.07) is 7.25. The lowest BCUT2D eigenvalue weighted by atomic mass is 10.1. The fraction of sp³-hybridized carbons (Fsp3) is 0.111. The Hall–Kier alpha value is -1.82. The number of nitrogens with one attached hydrogen (secondary N) is 1. The summed E-state index contributed by atoms with van der Waals surface area (Å²) < 4.78 is 0. The first-order valence-electron chi connectivity index (χ1n) is 3.49. The third-order valence-electron chi connectivity index (χ3n) is 1.51. The van der Waals surface area contributed by atoms with E-state index in [1.165, 1.54) is 0 Å². The lowest BCUT2D eigenvalue weighted by Crippen LogP contribution is -1.96. The number of hydrogen-bond donors (Lipinski definition) is 1. The predicted molar refractivity (Wildman–Crippen MR) is 45.6 cm³/mol. The van der Waals surface area contributed by atoms with Crippen LogP contribution in [0.3, 0.4) is 0 Å². The number of benzene rings is 1. The average molecular weight is 160 g/mol. The van der Waals surface area contributed by atoms with Crippen LogP contribution in [0.4, 0.5) is 5.69 Å². The molecular weight excluding hydrogens is 152 g/mol. The zero-order valence-corrected chi connectivity index (χ0v) is 6.66. The molecule has 3 heteroatoms. The first-order valence-corrected chi connectivity index (χ1v) is 3.49. The van der Waals surface area contributed by atoms with E-state index in [9.17, 15) is 4.79 Å². The molecule has 1 amide bonds. The van der Waals surface area contributed by atoms with Gasteiger partial charge in [0.2, 0.25) is 6.41 Å². The van der Waals surface area contributed by atoms with Crippen LogP contribution in [0.5, 0.6) is 0 Å². The van der Waals surface area contributed by atoms with Crippen molar-refractivity contribution in [1.29, 1.82) is 5.26 Å². The standard InChI is InChI=1S/C9H8N2O/c1-7-2-3-8(5-10)9(4-7)11-6-12/h2-4,6H,1H3,(H,11,12). The molecule has 0 aliphatic heterocycles. The molecule has 0 aliphatic carbocycles. The van der Waals surface area contributed by atoms with Gasteiger partial charge in [0.25, 0.3) is 0 Å². The molecule has 0 saturated heterocycles. The Kier molecular flexibility index (Phi) is 2.44. The summed E-state index contributed by atoms with van der Waals surface area (Å²) in [5.74, 6) is 0. The lowest BCUT2D eigenvalue weighted by molar-refractivity contribution is -0.105. The quantitative estimate of drug-likeness (QED) is 0.665. The normalized spacial score (nSPS) is 8.67. The minimum absolute atomic E-state index is 0.479. The van der Waals surface area contributed by atoms with Gasteiger partial charge in [-0.25, -0.2) is 0 Å². The van der Waals surface area contributed by atoms with Crippen LogP contribution >= 0.6 is 0 Å². The molecule has 0 bridgehead atoms. The van der Waals surface area contributed by atoms with Gasteiger partial charge in [-0.15, -0.1) is 0 Å². The molecule has 0 heterocycles. The highest BCUT2D eigenvalue weighted by Gasteiger charge is 1.99. The highest BCUT2D eigenvalue weighted by molar-refractivity contribution is 5.75. The Bertz CT molecular complexity index is 339. The molecule has 3 nitrogen and oxygen atoms in total. The summed E-state index contributed by atoms with van der Waals surface area (Å²) in [4.78, 5) is 10.1. The van der Waals surface area contributed by atoms with Gasteiger partial charge in [0.15, 0.2) is 0 Å². The van der Waals surface area contributed by atoms with Gasteiger partial charge in [-0.2, -0.15) is 5.26 Å². The predicted octanol–water partition coefficient (Wildman–Crippen LogP) is 1.43. The minimum Gasteiger partial charge on any atom is -0.328 e. The van der Waals surface area contributed by atoms with Crippen LogP contribution in [-0.2, 0) is 4.79 Å². The van der Waals surface area contributed by atoms with Crippen LogP contribution in [0.2, 0.25) is 0 Å². The average Bonchev–Trinajstić information content (AvgIpc) is 2.05. The Morgan fingerprint density at radius 2 is 2.33 bits per heavy atom. The topological polar surface area (TPSA) is 52.9 Å². The van der Waals surface area contributed by atoms with Crippen LogP contribution in [0.1, 0.15) is 11.1 Å². The smallest absolute Gasteiger partial charge is 0.211 e. The molecule has 0 atom stereocenters. The SMILES string of the molecule is Cc1ccc(C#N)c(NC=O)c1. The third kappa shape index (κ3) is 1.61. The van der Waals surface area contributed by atoms with Crippen LogP contribution in [0, 0.1) is 18.3 Å². The summed E-state index contributed by atoms with van der Waals surface area (Å²) in [7, 11) is 0. The van der Waals surface area contributed by atoms with Crippen molar-refractivity contribution in [1.82, 2.24) is 0 Å². The van der Waals surface area contributed by atoms with E-state index in [4.69, 9.17) is 5.26 Å². The molecular formula is C9H8N2O. The molecule has 0 aliphatic rings. The molecule has 0 spiro atoms. The van der Waals surface area contributed by atoms with E-state index in [-0.39, 0.29) is 0 Å². The number of nitriles is 1. The first kappa shape index (κ1) is 8.28. The van der Waals surface area contributed by atoms with Gasteiger partial charge in [0, 0.05) is 0 Å². The second kappa shape index (κ2) is 3.54. The van der Waals surface area contributed by atoms with Crippen LogP contribution in [0.25, 0.3) is 0 Å². The molecule has 1 rings (SSSR count). The molecule has 1 aromatic carbocycles. The van der Waals surface area contributed by atoms with Crippen LogP contribution in [0.15, 0.2) is 18.2 Å². The van der Waals surface area contributed by atoms with Gasteiger partial charge in [0.1, 0.15) is 6.07 Å². The number of amides is 1. The number of carbonyl (C=O) groups is 1. The van der Waals surface area contributed by atoms with Gasteiger partial charge in [-0.05, 0) is 24.6 Å². The Balaban J connectivity index is 3.14. The van der Waals surface area contributed by atoms with E-state index < -0.39 is 0 Å². The Morgan fingerprint density at radius 1 is 1.58 bits per heavy atom. The largest absolute Gasteiger partial charge is 0.328 e. The van der Waals surface area contributed by atoms with Crippen molar-refractivity contribution >= 4 is 12.1 Å². The maximum Gasteiger partial charge on any atom is 0.211 e. The van der Waals surface area contributed by atoms with E-state index in [2.05, 4.69) is 5.32 Å². The van der Waals surface area contributed by atoms with Crippen molar-refractivity contribution in [2.75, 3.05) is 5.32 Å². The number of aryl methyl sites for hydroxylation is 1. The monoisotopic (exact) mass is 160 g/mol. The second-order valence-corrected chi connectivity index (χ2v) is 2.42. The van der Waals surface area contributed by atoms with Gasteiger partial charge < -0.3 is 5.32 Å². The second-order valence-electron chi connectivity index (χ2n) is 2.42. The minimum atomic E-state index is 0.479. The summed E-state index contributed by atoms with van der Waals surface area (Å²) >= 11 is 0. The van der Waals surface area contributed by atoms with Crippen molar-refractivity contribution in [3.63, 3.8) is 0 Å². The maximum absolute atomic E-state index is 10.1. The van der Waals surface area contributed by atoms with Gasteiger partial charge in [-0.1, -0.05) is 6.07 Å². The number of nitrogens with zero attached hydrogens (tertiary/aromatic N) is 1. The van der Waals surface area contributed by atoms with Gasteiger partial charge in [-0.3, -0.25) is 4.79 Å². The zero-order chi connectivity index (χ0) is 8.97. The zero-order valence-electron chi connectivity index (χ0n) is 6.66. The molecule has 1 N–H and O–H groups in total. The van der Waals surface area contributed by atoms with Crippen molar-refractivity contribution in [2.45, 2.75) is 6.92 Å². The third-order valence-corrected chi connectivity index (χ3v) is 1.51. The fourth-order valence-electron chi connectivity index (χ4n) is 0.938. The number of carbonyl (C=O) groups excluding carboxylic acids is 1. The van der Waals surface area contributed by atoms with Crippen molar-refractivity contribution in [3.8, 4) is 6.07 Å². The molecule has 0 saturated carbocycles. The van der Waals surface area contributed by atoms with Gasteiger partial charge in [0.05, 0.1) is 11.3 Å². The van der Waals surface area contributed by atoms with Crippen LogP contribution < -0.4 is 5.32 Å². The first-order chi connectivity index (χ1) is 5.77. The van der Waals surface area contributed by atoms with Crippen molar-refractivity contribution in [3.05, 3.63) is 29.3 Å². The maximum atomic E-state index is 10.1. The van der Waals surface area contributed by atoms with E-state index in [1.807, 2.05) is 19.1 Å². The van der Waals surface area contributed by atoms with Crippen LogP contribution in [-0.4, -0.2) is 6.41 Å². The highest BCUT2D eigenvalue weighted by Crippen LogP contribution is 2.15. The number of hydrogen-bond acceptors (Lipinski definition) is 2. The lowest BCUT2D eigenvalue weighted by Gasteiger charge is -2.01. The highest BCUT2D eigenvalue weighted by atomic mass is 16.1. The number of rotatable bonds is 2. The van der Waals surface area contributed by atoms with Gasteiger partial charge >= 0.3 is 0 Å². The molecule has 0 radical (unpaired) electrons. The summed E-state index contributed by atoms with van der Waals surface area (Å²) in [5, 5.41) is 11.1. The summed E-state index contributed by atoms with van der Waals surface area (Å²) in [6.45, 7) is 1.90. The fourth-order valence-corrected chi connectivity index (χ4v) is 0.938.